The van der Waals surface area contributed by atoms with Crippen LogP contribution in [0.5, 0.6) is 0 Å². The molecular formula is C14H21F3N2. The van der Waals surface area contributed by atoms with Crippen LogP contribution in [0.3, 0.4) is 0 Å². The molecule has 0 saturated heterocycles. The SMILES string of the molecule is CCCCCCC(C)Nc1ncccc1C(F)(F)F. The molecule has 0 bridgehead atoms. The summed E-state index contributed by atoms with van der Waals surface area (Å²) in [6, 6.07) is 2.35. The summed E-state index contributed by atoms with van der Waals surface area (Å²) in [5.41, 5.74) is -0.699. The summed E-state index contributed by atoms with van der Waals surface area (Å²) >= 11 is 0. The van der Waals surface area contributed by atoms with E-state index >= 15 is 0 Å². The molecule has 0 amide bonds. The third kappa shape index (κ3) is 5.49. The molecule has 19 heavy (non-hydrogen) atoms. The average molecular weight is 274 g/mol. The van der Waals surface area contributed by atoms with Crippen molar-refractivity contribution in [3.8, 4) is 0 Å². The largest absolute Gasteiger partial charge is 0.419 e. The van der Waals surface area contributed by atoms with Crippen LogP contribution in [0, 0.1) is 0 Å². The van der Waals surface area contributed by atoms with Crippen molar-refractivity contribution in [2.45, 2.75) is 58.2 Å². The van der Waals surface area contributed by atoms with Gasteiger partial charge < -0.3 is 5.32 Å². The number of anilines is 1. The highest BCUT2D eigenvalue weighted by Crippen LogP contribution is 2.33. The predicted molar refractivity (Wildman–Crippen MR) is 71.1 cm³/mol. The maximum Gasteiger partial charge on any atom is 0.419 e. The van der Waals surface area contributed by atoms with Crippen LogP contribution in [0.25, 0.3) is 0 Å². The maximum absolute atomic E-state index is 12.8. The molecule has 0 radical (unpaired) electrons. The second-order valence-electron chi connectivity index (χ2n) is 4.79. The van der Waals surface area contributed by atoms with Crippen molar-refractivity contribution in [2.24, 2.45) is 0 Å². The number of hydrogen-bond acceptors (Lipinski definition) is 2. The fourth-order valence-electron chi connectivity index (χ4n) is 1.93. The standard InChI is InChI=1S/C14H21F3N2/c1-3-4-5-6-8-11(2)19-13-12(14(15,16)17)9-7-10-18-13/h7,9-11H,3-6,8H2,1-2H3,(H,18,19). The molecular weight excluding hydrogens is 253 g/mol. The molecule has 0 spiro atoms. The van der Waals surface area contributed by atoms with Gasteiger partial charge in [-0.1, -0.05) is 32.6 Å². The van der Waals surface area contributed by atoms with E-state index in [1.165, 1.54) is 18.7 Å². The molecule has 1 rings (SSSR count). The first-order valence-electron chi connectivity index (χ1n) is 6.74. The predicted octanol–water partition coefficient (Wildman–Crippen LogP) is 4.87. The van der Waals surface area contributed by atoms with Crippen LogP contribution < -0.4 is 5.32 Å². The first-order chi connectivity index (χ1) is 8.95. The molecule has 0 fully saturated rings. The van der Waals surface area contributed by atoms with E-state index in [0.29, 0.717) is 0 Å². The van der Waals surface area contributed by atoms with Crippen LogP contribution in [-0.2, 0) is 6.18 Å². The van der Waals surface area contributed by atoms with Crippen molar-refractivity contribution in [1.29, 1.82) is 0 Å². The Morgan fingerprint density at radius 3 is 2.63 bits per heavy atom. The summed E-state index contributed by atoms with van der Waals surface area (Å²) in [6.45, 7) is 4.02. The molecule has 0 aliphatic heterocycles. The van der Waals surface area contributed by atoms with E-state index < -0.39 is 11.7 Å². The zero-order valence-electron chi connectivity index (χ0n) is 11.4. The molecule has 1 aromatic rings. The number of unbranched alkanes of at least 4 members (excludes halogenated alkanes) is 3. The molecule has 1 aromatic heterocycles. The van der Waals surface area contributed by atoms with Gasteiger partial charge >= 0.3 is 6.18 Å². The Bertz CT molecular complexity index is 377. The molecule has 0 aliphatic rings. The van der Waals surface area contributed by atoms with Crippen LogP contribution in [0.1, 0.15) is 51.5 Å². The van der Waals surface area contributed by atoms with E-state index in [-0.39, 0.29) is 11.9 Å². The number of halogens is 3. The van der Waals surface area contributed by atoms with Gasteiger partial charge in [0.05, 0.1) is 5.56 Å². The number of rotatable bonds is 7. The van der Waals surface area contributed by atoms with Gasteiger partial charge in [0.15, 0.2) is 0 Å². The van der Waals surface area contributed by atoms with E-state index in [0.717, 1.165) is 31.7 Å². The lowest BCUT2D eigenvalue weighted by molar-refractivity contribution is -0.137. The summed E-state index contributed by atoms with van der Waals surface area (Å²) in [5.74, 6) is -0.0713. The summed E-state index contributed by atoms with van der Waals surface area (Å²) < 4.78 is 38.3. The molecule has 1 atom stereocenters. The third-order valence-electron chi connectivity index (χ3n) is 2.99. The Hall–Kier alpha value is -1.26. The fraction of sp³-hybridized carbons (Fsp3) is 0.643. The van der Waals surface area contributed by atoms with Gasteiger partial charge in [-0.3, -0.25) is 0 Å². The van der Waals surface area contributed by atoms with Crippen LogP contribution in [0.15, 0.2) is 18.3 Å². The van der Waals surface area contributed by atoms with E-state index in [2.05, 4.69) is 17.2 Å². The molecule has 1 unspecified atom stereocenters. The van der Waals surface area contributed by atoms with Crippen LogP contribution >= 0.6 is 0 Å². The lowest BCUT2D eigenvalue weighted by Crippen LogP contribution is -2.19. The van der Waals surface area contributed by atoms with Gasteiger partial charge in [0.2, 0.25) is 0 Å². The van der Waals surface area contributed by atoms with Crippen molar-refractivity contribution in [1.82, 2.24) is 4.98 Å². The van der Waals surface area contributed by atoms with Crippen molar-refractivity contribution in [3.05, 3.63) is 23.9 Å². The molecule has 2 nitrogen and oxygen atoms in total. The minimum atomic E-state index is -4.36. The summed E-state index contributed by atoms with van der Waals surface area (Å²) in [4.78, 5) is 3.80. The van der Waals surface area contributed by atoms with Gasteiger partial charge in [-0.2, -0.15) is 13.2 Å². The summed E-state index contributed by atoms with van der Waals surface area (Å²) in [7, 11) is 0. The second-order valence-corrected chi connectivity index (χ2v) is 4.79. The lowest BCUT2D eigenvalue weighted by Gasteiger charge is -2.18. The third-order valence-corrected chi connectivity index (χ3v) is 2.99. The Kier molecular flexibility index (Phi) is 6.12. The molecule has 1 heterocycles. The smallest absolute Gasteiger partial charge is 0.367 e. The zero-order chi connectivity index (χ0) is 14.3. The average Bonchev–Trinajstić information content (AvgIpc) is 2.34. The van der Waals surface area contributed by atoms with Gasteiger partial charge in [0.25, 0.3) is 0 Å². The number of nitrogens with zero attached hydrogens (tertiary/aromatic N) is 1. The van der Waals surface area contributed by atoms with Gasteiger partial charge in [-0.15, -0.1) is 0 Å². The number of nitrogens with one attached hydrogen (secondary N) is 1. The van der Waals surface area contributed by atoms with Crippen LogP contribution in [0.4, 0.5) is 19.0 Å². The first kappa shape index (κ1) is 15.8. The highest BCUT2D eigenvalue weighted by Gasteiger charge is 2.34. The lowest BCUT2D eigenvalue weighted by atomic mass is 10.1. The molecule has 0 saturated carbocycles. The molecule has 0 aromatic carbocycles. The first-order valence-corrected chi connectivity index (χ1v) is 6.74. The molecule has 5 heteroatoms. The van der Waals surface area contributed by atoms with Gasteiger partial charge in [-0.05, 0) is 25.5 Å². The Labute approximate surface area is 112 Å². The second kappa shape index (κ2) is 7.36. The summed E-state index contributed by atoms with van der Waals surface area (Å²) in [6.07, 6.45) is 2.34. The van der Waals surface area contributed by atoms with Crippen LogP contribution in [-0.4, -0.2) is 11.0 Å². The van der Waals surface area contributed by atoms with Gasteiger partial charge in [0.1, 0.15) is 5.82 Å². The van der Waals surface area contributed by atoms with Gasteiger partial charge in [-0.25, -0.2) is 4.98 Å². The Morgan fingerprint density at radius 2 is 2.00 bits per heavy atom. The Balaban J connectivity index is 2.57. The highest BCUT2D eigenvalue weighted by atomic mass is 19.4. The van der Waals surface area contributed by atoms with Crippen molar-refractivity contribution in [2.75, 3.05) is 5.32 Å². The zero-order valence-corrected chi connectivity index (χ0v) is 11.4. The summed E-state index contributed by atoms with van der Waals surface area (Å²) in [5, 5.41) is 2.86. The fourth-order valence-corrected chi connectivity index (χ4v) is 1.93. The van der Waals surface area contributed by atoms with Crippen molar-refractivity contribution < 1.29 is 13.2 Å². The van der Waals surface area contributed by atoms with E-state index in [9.17, 15) is 13.2 Å². The van der Waals surface area contributed by atoms with Crippen molar-refractivity contribution in [3.63, 3.8) is 0 Å². The highest BCUT2D eigenvalue weighted by molar-refractivity contribution is 5.46. The van der Waals surface area contributed by atoms with E-state index in [1.54, 1.807) is 0 Å². The molecule has 0 aliphatic carbocycles. The monoisotopic (exact) mass is 274 g/mol. The Morgan fingerprint density at radius 1 is 1.26 bits per heavy atom. The number of aromatic nitrogens is 1. The van der Waals surface area contributed by atoms with Crippen LogP contribution in [0.2, 0.25) is 0 Å². The number of pyridine rings is 1. The number of hydrogen-bond donors (Lipinski definition) is 1. The maximum atomic E-state index is 12.8. The minimum absolute atomic E-state index is 0.00661. The topological polar surface area (TPSA) is 24.9 Å². The van der Waals surface area contributed by atoms with E-state index in [1.807, 2.05) is 6.92 Å². The van der Waals surface area contributed by atoms with E-state index in [4.69, 9.17) is 0 Å². The minimum Gasteiger partial charge on any atom is -0.367 e. The number of alkyl halides is 3. The van der Waals surface area contributed by atoms with Crippen molar-refractivity contribution >= 4 is 5.82 Å². The molecule has 1 N–H and O–H groups in total. The quantitative estimate of drug-likeness (QED) is 0.717. The normalized spacial score (nSPS) is 13.3. The van der Waals surface area contributed by atoms with Gasteiger partial charge in [0, 0.05) is 12.2 Å². The molecule has 108 valence electrons.